The second kappa shape index (κ2) is 5.12. The summed E-state index contributed by atoms with van der Waals surface area (Å²) in [4.78, 5) is 10.9. The molecule has 0 radical (unpaired) electrons. The molecule has 3 atom stereocenters. The minimum absolute atomic E-state index is 0.226. The van der Waals surface area contributed by atoms with E-state index in [9.17, 15) is 9.90 Å². The van der Waals surface area contributed by atoms with Gasteiger partial charge in [0, 0.05) is 19.1 Å². The largest absolute Gasteiger partial charge is 0.480 e. The standard InChI is InChI=1S/C11H21NO4/c1-11(2,3)16-5-4-7-8(13)6-12-9(7)10(14)15/h7-9,12-13H,4-6H2,1-3H3,(H,14,15)/t7-,8-,9-/m0/s1. The van der Waals surface area contributed by atoms with Crippen LogP contribution in [0.4, 0.5) is 0 Å². The van der Waals surface area contributed by atoms with Crippen LogP contribution in [-0.4, -0.2) is 47.1 Å². The molecule has 1 heterocycles. The van der Waals surface area contributed by atoms with Crippen molar-refractivity contribution in [3.63, 3.8) is 0 Å². The fourth-order valence-electron chi connectivity index (χ4n) is 1.90. The average Bonchev–Trinajstić information content (AvgIpc) is 2.46. The van der Waals surface area contributed by atoms with Gasteiger partial charge in [0.1, 0.15) is 6.04 Å². The van der Waals surface area contributed by atoms with E-state index < -0.39 is 18.1 Å². The number of carbonyl (C=O) groups is 1. The summed E-state index contributed by atoms with van der Waals surface area (Å²) in [6, 6.07) is -0.654. The maximum absolute atomic E-state index is 10.9. The molecule has 1 saturated heterocycles. The Morgan fingerprint density at radius 3 is 2.62 bits per heavy atom. The predicted molar refractivity (Wildman–Crippen MR) is 59.2 cm³/mol. The van der Waals surface area contributed by atoms with E-state index >= 15 is 0 Å². The number of hydrogen-bond acceptors (Lipinski definition) is 4. The van der Waals surface area contributed by atoms with Crippen molar-refractivity contribution in [1.29, 1.82) is 0 Å². The lowest BCUT2D eigenvalue weighted by Gasteiger charge is -2.23. The Morgan fingerprint density at radius 2 is 2.12 bits per heavy atom. The molecule has 0 bridgehead atoms. The van der Waals surface area contributed by atoms with Gasteiger partial charge in [0.25, 0.3) is 0 Å². The van der Waals surface area contributed by atoms with E-state index in [1.165, 1.54) is 0 Å². The minimum atomic E-state index is -0.905. The smallest absolute Gasteiger partial charge is 0.321 e. The van der Waals surface area contributed by atoms with Gasteiger partial charge in [-0.3, -0.25) is 4.79 Å². The molecule has 0 aromatic rings. The molecule has 0 amide bonds. The molecule has 1 aliphatic heterocycles. The molecule has 1 aliphatic rings. The molecule has 0 aliphatic carbocycles. The second-order valence-corrected chi connectivity index (χ2v) is 5.20. The number of aliphatic hydroxyl groups excluding tert-OH is 1. The first-order chi connectivity index (χ1) is 7.31. The van der Waals surface area contributed by atoms with Gasteiger partial charge in [-0.25, -0.2) is 0 Å². The van der Waals surface area contributed by atoms with Gasteiger partial charge in [-0.2, -0.15) is 0 Å². The van der Waals surface area contributed by atoms with Crippen LogP contribution in [-0.2, 0) is 9.53 Å². The van der Waals surface area contributed by atoms with E-state index in [-0.39, 0.29) is 11.5 Å². The molecule has 0 aromatic carbocycles. The van der Waals surface area contributed by atoms with Crippen LogP contribution in [0.1, 0.15) is 27.2 Å². The van der Waals surface area contributed by atoms with Crippen LogP contribution in [0.25, 0.3) is 0 Å². The van der Waals surface area contributed by atoms with E-state index in [2.05, 4.69) is 5.32 Å². The van der Waals surface area contributed by atoms with Crippen molar-refractivity contribution in [2.45, 2.75) is 44.9 Å². The summed E-state index contributed by atoms with van der Waals surface area (Å²) in [5, 5.41) is 21.4. The van der Waals surface area contributed by atoms with Crippen molar-refractivity contribution in [1.82, 2.24) is 5.32 Å². The van der Waals surface area contributed by atoms with Crippen molar-refractivity contribution in [3.8, 4) is 0 Å². The summed E-state index contributed by atoms with van der Waals surface area (Å²) in [7, 11) is 0. The van der Waals surface area contributed by atoms with Crippen molar-refractivity contribution < 1.29 is 19.7 Å². The van der Waals surface area contributed by atoms with Gasteiger partial charge in [-0.15, -0.1) is 0 Å². The van der Waals surface area contributed by atoms with Crippen molar-refractivity contribution in [2.24, 2.45) is 5.92 Å². The molecule has 5 nitrogen and oxygen atoms in total. The monoisotopic (exact) mass is 231 g/mol. The van der Waals surface area contributed by atoms with Gasteiger partial charge in [0.05, 0.1) is 11.7 Å². The number of β-amino-alcohol motifs (C(OH)–C–C–N with tert-alkyl or cyclic N) is 1. The number of carboxylic acid groups (broad SMARTS) is 1. The highest BCUT2D eigenvalue weighted by atomic mass is 16.5. The molecular formula is C11H21NO4. The van der Waals surface area contributed by atoms with Crippen LogP contribution in [0.2, 0.25) is 0 Å². The van der Waals surface area contributed by atoms with E-state index in [1.54, 1.807) is 0 Å². The highest BCUT2D eigenvalue weighted by Crippen LogP contribution is 2.21. The lowest BCUT2D eigenvalue weighted by Crippen LogP contribution is -2.37. The van der Waals surface area contributed by atoms with Gasteiger partial charge >= 0.3 is 5.97 Å². The minimum Gasteiger partial charge on any atom is -0.480 e. The lowest BCUT2D eigenvalue weighted by molar-refractivity contribution is -0.140. The van der Waals surface area contributed by atoms with Gasteiger partial charge < -0.3 is 20.3 Å². The summed E-state index contributed by atoms with van der Waals surface area (Å²) in [6.45, 7) is 6.66. The highest BCUT2D eigenvalue weighted by Gasteiger charge is 2.38. The number of carboxylic acids is 1. The fraction of sp³-hybridized carbons (Fsp3) is 0.909. The van der Waals surface area contributed by atoms with Crippen LogP contribution in [0.15, 0.2) is 0 Å². The van der Waals surface area contributed by atoms with Crippen LogP contribution in [0, 0.1) is 5.92 Å². The lowest BCUT2D eigenvalue weighted by atomic mass is 9.95. The van der Waals surface area contributed by atoms with E-state index in [4.69, 9.17) is 9.84 Å². The number of aliphatic carboxylic acids is 1. The van der Waals surface area contributed by atoms with Crippen LogP contribution in [0.5, 0.6) is 0 Å². The zero-order valence-corrected chi connectivity index (χ0v) is 10.1. The van der Waals surface area contributed by atoms with E-state index in [0.717, 1.165) is 0 Å². The molecule has 0 aromatic heterocycles. The number of nitrogens with one attached hydrogen (secondary N) is 1. The topological polar surface area (TPSA) is 78.8 Å². The summed E-state index contributed by atoms with van der Waals surface area (Å²) in [6.07, 6.45) is -0.0350. The SMILES string of the molecule is CC(C)(C)OCC[C@@H]1[C@@H](C(=O)O)NC[C@@H]1O. The average molecular weight is 231 g/mol. The third-order valence-electron chi connectivity index (χ3n) is 2.72. The van der Waals surface area contributed by atoms with E-state index in [1.807, 2.05) is 20.8 Å². The zero-order valence-electron chi connectivity index (χ0n) is 10.1. The Bertz CT molecular complexity index is 249. The van der Waals surface area contributed by atoms with E-state index in [0.29, 0.717) is 19.6 Å². The molecule has 1 rings (SSSR count). The normalized spacial score (nSPS) is 30.6. The zero-order chi connectivity index (χ0) is 12.3. The van der Waals surface area contributed by atoms with Crippen molar-refractivity contribution >= 4 is 5.97 Å². The number of hydrogen-bond donors (Lipinski definition) is 3. The highest BCUT2D eigenvalue weighted by molar-refractivity contribution is 5.74. The third kappa shape index (κ3) is 3.73. The second-order valence-electron chi connectivity index (χ2n) is 5.20. The van der Waals surface area contributed by atoms with Gasteiger partial charge in [0.2, 0.25) is 0 Å². The van der Waals surface area contributed by atoms with Gasteiger partial charge in [-0.05, 0) is 27.2 Å². The van der Waals surface area contributed by atoms with Crippen LogP contribution < -0.4 is 5.32 Å². The summed E-state index contributed by atoms with van der Waals surface area (Å²) in [5.41, 5.74) is -0.226. The fourth-order valence-corrected chi connectivity index (χ4v) is 1.90. The summed E-state index contributed by atoms with van der Waals surface area (Å²) >= 11 is 0. The quantitative estimate of drug-likeness (QED) is 0.645. The van der Waals surface area contributed by atoms with Crippen molar-refractivity contribution in [3.05, 3.63) is 0 Å². The van der Waals surface area contributed by atoms with Gasteiger partial charge in [-0.1, -0.05) is 0 Å². The van der Waals surface area contributed by atoms with Crippen molar-refractivity contribution in [2.75, 3.05) is 13.2 Å². The molecule has 0 unspecified atom stereocenters. The summed E-state index contributed by atoms with van der Waals surface area (Å²) in [5.74, 6) is -1.17. The number of ether oxygens (including phenoxy) is 1. The number of aliphatic hydroxyl groups is 1. The maximum Gasteiger partial charge on any atom is 0.321 e. The third-order valence-corrected chi connectivity index (χ3v) is 2.72. The maximum atomic E-state index is 10.9. The molecule has 16 heavy (non-hydrogen) atoms. The first-order valence-electron chi connectivity index (χ1n) is 5.59. The molecule has 3 N–H and O–H groups in total. The first-order valence-corrected chi connectivity index (χ1v) is 5.59. The Hall–Kier alpha value is -0.650. The molecule has 0 spiro atoms. The Morgan fingerprint density at radius 1 is 1.50 bits per heavy atom. The van der Waals surface area contributed by atoms with Crippen LogP contribution >= 0.6 is 0 Å². The van der Waals surface area contributed by atoms with Gasteiger partial charge in [0.15, 0.2) is 0 Å². The predicted octanol–water partition coefficient (Wildman–Crippen LogP) is 0.225. The Kier molecular flexibility index (Phi) is 4.29. The molecule has 94 valence electrons. The van der Waals surface area contributed by atoms with Crippen LogP contribution in [0.3, 0.4) is 0 Å². The number of rotatable bonds is 4. The molecule has 0 saturated carbocycles. The molecule has 1 fully saturated rings. The Balaban J connectivity index is 2.42. The Labute approximate surface area is 95.8 Å². The first kappa shape index (κ1) is 13.4. The summed E-state index contributed by atoms with van der Waals surface area (Å²) < 4.78 is 5.54. The molecule has 5 heteroatoms. The molecular weight excluding hydrogens is 210 g/mol.